The van der Waals surface area contributed by atoms with Crippen molar-refractivity contribution in [3.63, 3.8) is 0 Å². The quantitative estimate of drug-likeness (QED) is 0.261. The van der Waals surface area contributed by atoms with Gasteiger partial charge in [-0.1, -0.05) is 68.5 Å². The van der Waals surface area contributed by atoms with E-state index in [-0.39, 0.29) is 17.8 Å². The molecule has 0 bridgehead atoms. The number of aryl methyl sites for hydroxylation is 2. The molecule has 1 fully saturated rings. The third-order valence-corrected chi connectivity index (χ3v) is 8.36. The van der Waals surface area contributed by atoms with E-state index in [4.69, 9.17) is 15.2 Å². The second-order valence-electron chi connectivity index (χ2n) is 10.8. The number of esters is 1. The van der Waals surface area contributed by atoms with Crippen molar-refractivity contribution in [3.8, 4) is 0 Å². The lowest BCUT2D eigenvalue weighted by atomic mass is 9.69. The lowest BCUT2D eigenvalue weighted by Crippen LogP contribution is -2.33. The van der Waals surface area contributed by atoms with Crippen LogP contribution >= 0.6 is 0 Å². The van der Waals surface area contributed by atoms with Gasteiger partial charge in [-0.2, -0.15) is 0 Å². The lowest BCUT2D eigenvalue weighted by molar-refractivity contribution is -0.139. The molecule has 0 amide bonds. The Kier molecular flexibility index (Phi) is 10.3. The lowest BCUT2D eigenvalue weighted by Gasteiger charge is -2.34. The van der Waals surface area contributed by atoms with Crippen LogP contribution in [-0.2, 0) is 19.7 Å². The molecule has 0 aliphatic carbocycles. The van der Waals surface area contributed by atoms with E-state index in [9.17, 15) is 9.90 Å². The molecule has 5 heteroatoms. The van der Waals surface area contributed by atoms with Crippen LogP contribution in [0.5, 0.6) is 0 Å². The van der Waals surface area contributed by atoms with Crippen molar-refractivity contribution in [2.75, 3.05) is 20.3 Å². The van der Waals surface area contributed by atoms with E-state index >= 15 is 0 Å². The normalized spacial score (nSPS) is 16.5. The predicted molar refractivity (Wildman–Crippen MR) is 160 cm³/mol. The molecule has 0 saturated carbocycles. The molecular formula is C34H45NO4. The number of hydrogen-bond acceptors (Lipinski definition) is 5. The molecule has 0 spiro atoms. The van der Waals surface area contributed by atoms with Crippen LogP contribution in [0.15, 0.2) is 60.3 Å². The maximum atomic E-state index is 11.7. The maximum Gasteiger partial charge on any atom is 0.310 e. The van der Waals surface area contributed by atoms with E-state index in [1.54, 1.807) is 0 Å². The van der Waals surface area contributed by atoms with Crippen LogP contribution in [0.2, 0.25) is 0 Å². The summed E-state index contributed by atoms with van der Waals surface area (Å²) in [5, 5.41) is 10.8. The molecule has 3 N–H and O–H groups in total. The smallest absolute Gasteiger partial charge is 0.310 e. The minimum absolute atomic E-state index is 0.111. The second kappa shape index (κ2) is 13.3. The molecule has 1 aliphatic heterocycles. The molecule has 0 unspecified atom stereocenters. The number of nitrogens with two attached hydrogens (primary N) is 1. The van der Waals surface area contributed by atoms with Crippen LogP contribution in [0.3, 0.4) is 0 Å². The Labute approximate surface area is 234 Å². The third kappa shape index (κ3) is 7.09. The van der Waals surface area contributed by atoms with Gasteiger partial charge >= 0.3 is 5.97 Å². The first-order valence-electron chi connectivity index (χ1n) is 14.0. The Morgan fingerprint density at radius 3 is 2.23 bits per heavy atom. The molecule has 3 rings (SSSR count). The Morgan fingerprint density at radius 1 is 1.08 bits per heavy atom. The maximum absolute atomic E-state index is 11.7. The SMILES string of the molecule is CCC(CC)(c1ccc(/C=C/C2(O)CCOCC2)c(C)c1)c1ccc(/C(C)=C/C(=C\N)CC(=O)OC)c(C)c1. The Balaban J connectivity index is 1.92. The summed E-state index contributed by atoms with van der Waals surface area (Å²) in [5.74, 6) is -0.310. The third-order valence-electron chi connectivity index (χ3n) is 8.36. The van der Waals surface area contributed by atoms with Crippen molar-refractivity contribution in [1.82, 2.24) is 0 Å². The molecule has 210 valence electrons. The number of rotatable bonds is 10. The molecule has 2 aromatic rings. The van der Waals surface area contributed by atoms with Crippen molar-refractivity contribution >= 4 is 17.6 Å². The molecular weight excluding hydrogens is 486 g/mol. The van der Waals surface area contributed by atoms with E-state index in [0.717, 1.165) is 35.1 Å². The topological polar surface area (TPSA) is 81.8 Å². The number of benzene rings is 2. The van der Waals surface area contributed by atoms with Gasteiger partial charge in [-0.3, -0.25) is 4.79 Å². The average molecular weight is 532 g/mol. The van der Waals surface area contributed by atoms with Gasteiger partial charge in [0.1, 0.15) is 0 Å². The van der Waals surface area contributed by atoms with Gasteiger partial charge < -0.3 is 20.3 Å². The Morgan fingerprint density at radius 2 is 1.69 bits per heavy atom. The van der Waals surface area contributed by atoms with E-state index in [1.807, 2.05) is 19.1 Å². The van der Waals surface area contributed by atoms with Crippen molar-refractivity contribution in [3.05, 3.63) is 93.7 Å². The van der Waals surface area contributed by atoms with Crippen molar-refractivity contribution in [1.29, 1.82) is 0 Å². The summed E-state index contributed by atoms with van der Waals surface area (Å²) >= 11 is 0. The van der Waals surface area contributed by atoms with Gasteiger partial charge in [0.05, 0.1) is 19.1 Å². The van der Waals surface area contributed by atoms with Gasteiger partial charge in [0.2, 0.25) is 0 Å². The summed E-state index contributed by atoms with van der Waals surface area (Å²) < 4.78 is 10.2. The molecule has 1 heterocycles. The first kappa shape index (κ1) is 30.4. The zero-order valence-electron chi connectivity index (χ0n) is 24.5. The van der Waals surface area contributed by atoms with Crippen LogP contribution < -0.4 is 5.73 Å². The van der Waals surface area contributed by atoms with Gasteiger partial charge in [0.25, 0.3) is 0 Å². The Hall–Kier alpha value is -3.15. The molecule has 39 heavy (non-hydrogen) atoms. The largest absolute Gasteiger partial charge is 0.469 e. The number of hydrogen-bond donors (Lipinski definition) is 2. The highest BCUT2D eigenvalue weighted by molar-refractivity contribution is 5.76. The first-order chi connectivity index (χ1) is 18.6. The van der Waals surface area contributed by atoms with E-state index < -0.39 is 5.60 Å². The highest BCUT2D eigenvalue weighted by atomic mass is 16.5. The summed E-state index contributed by atoms with van der Waals surface area (Å²) in [7, 11) is 1.38. The van der Waals surface area contributed by atoms with Gasteiger partial charge in [0.15, 0.2) is 0 Å². The predicted octanol–water partition coefficient (Wildman–Crippen LogP) is 6.77. The van der Waals surface area contributed by atoms with Crippen molar-refractivity contribution < 1.29 is 19.4 Å². The zero-order valence-corrected chi connectivity index (χ0v) is 24.5. The Bertz CT molecular complexity index is 1240. The number of methoxy groups -OCH3 is 1. The van der Waals surface area contributed by atoms with Crippen molar-refractivity contribution in [2.24, 2.45) is 5.73 Å². The first-order valence-corrected chi connectivity index (χ1v) is 14.0. The van der Waals surface area contributed by atoms with Crippen LogP contribution in [0.1, 0.15) is 86.3 Å². The summed E-state index contributed by atoms with van der Waals surface area (Å²) in [4.78, 5) is 11.7. The fourth-order valence-electron chi connectivity index (χ4n) is 5.69. The molecule has 0 aromatic heterocycles. The molecule has 2 aromatic carbocycles. The number of ether oxygens (including phenoxy) is 2. The molecule has 0 radical (unpaired) electrons. The fraction of sp³-hybridized carbons (Fsp3) is 0.441. The highest BCUT2D eigenvalue weighted by Crippen LogP contribution is 2.41. The summed E-state index contributed by atoms with van der Waals surface area (Å²) in [6.45, 7) is 12.0. The number of aliphatic hydroxyl groups is 1. The minimum Gasteiger partial charge on any atom is -0.469 e. The van der Waals surface area contributed by atoms with Crippen LogP contribution in [0.4, 0.5) is 0 Å². The minimum atomic E-state index is -0.786. The standard InChI is InChI=1S/C34H45NO4/c1-7-34(8-2,29-10-9-28(24(3)20-29)13-14-33(37)15-17-39-18-16-33)30-11-12-31(26(5)21-30)25(4)19-27(23-35)22-32(36)38-6/h9-14,19-21,23,37H,7-8,15-18,22,35H2,1-6H3/b14-13+,25-19+,27-23+. The molecule has 0 atom stereocenters. The number of carbonyl (C=O) groups excluding carboxylic acids is 1. The van der Waals surface area contributed by atoms with Crippen molar-refractivity contribution in [2.45, 2.75) is 77.7 Å². The average Bonchev–Trinajstić information content (AvgIpc) is 2.93. The fourth-order valence-corrected chi connectivity index (χ4v) is 5.69. The highest BCUT2D eigenvalue weighted by Gasteiger charge is 2.31. The van der Waals surface area contributed by atoms with Crippen LogP contribution in [0, 0.1) is 13.8 Å². The van der Waals surface area contributed by atoms with E-state index in [2.05, 4.69) is 70.2 Å². The number of allylic oxidation sites excluding steroid dienone is 2. The van der Waals surface area contributed by atoms with E-state index in [1.165, 1.54) is 35.6 Å². The van der Waals surface area contributed by atoms with Crippen LogP contribution in [0.25, 0.3) is 11.6 Å². The second-order valence-corrected chi connectivity index (χ2v) is 10.8. The van der Waals surface area contributed by atoms with Crippen LogP contribution in [-0.4, -0.2) is 37.0 Å². The zero-order chi connectivity index (χ0) is 28.6. The summed E-state index contributed by atoms with van der Waals surface area (Å²) in [6, 6.07) is 13.5. The summed E-state index contributed by atoms with van der Waals surface area (Å²) in [6.07, 6.45) is 10.8. The number of carbonyl (C=O) groups is 1. The van der Waals surface area contributed by atoms with Gasteiger partial charge in [-0.15, -0.1) is 0 Å². The van der Waals surface area contributed by atoms with Gasteiger partial charge in [-0.25, -0.2) is 0 Å². The molecule has 5 nitrogen and oxygen atoms in total. The molecule has 1 saturated heterocycles. The monoisotopic (exact) mass is 531 g/mol. The van der Waals surface area contributed by atoms with Gasteiger partial charge in [0, 0.05) is 31.5 Å². The van der Waals surface area contributed by atoms with E-state index in [0.29, 0.717) is 26.1 Å². The molecule has 1 aliphatic rings. The summed E-state index contributed by atoms with van der Waals surface area (Å²) in [5.41, 5.74) is 13.9. The van der Waals surface area contributed by atoms with Gasteiger partial charge in [-0.05, 0) is 84.3 Å².